The molecule has 2 N–H and O–H groups in total. The van der Waals surface area contributed by atoms with Crippen molar-refractivity contribution in [1.29, 1.82) is 0 Å². The van der Waals surface area contributed by atoms with Crippen LogP contribution in [-0.2, 0) is 14.2 Å². The largest absolute Gasteiger partial charge is 0.509 e. The van der Waals surface area contributed by atoms with Crippen molar-refractivity contribution in [2.75, 3.05) is 20.8 Å². The molecule has 0 aromatic heterocycles. The fraction of sp³-hybridized carbons (Fsp3) is 0.353. The van der Waals surface area contributed by atoms with Gasteiger partial charge in [-0.3, -0.25) is 4.79 Å². The Hall–Kier alpha value is -2.15. The molecular weight excluding hydrogens is 300 g/mol. The molecule has 0 spiro atoms. The smallest absolute Gasteiger partial charge is 0.262 e. The predicted octanol–water partition coefficient (Wildman–Crippen LogP) is 2.53. The van der Waals surface area contributed by atoms with Crippen molar-refractivity contribution in [3.8, 4) is 0 Å². The minimum atomic E-state index is -1.69. The zero-order valence-electron chi connectivity index (χ0n) is 13.3. The van der Waals surface area contributed by atoms with E-state index in [1.165, 1.54) is 14.2 Å². The van der Waals surface area contributed by atoms with Gasteiger partial charge in [-0.05, 0) is 13.0 Å². The van der Waals surface area contributed by atoms with E-state index in [-0.39, 0.29) is 23.7 Å². The van der Waals surface area contributed by atoms with Gasteiger partial charge in [0, 0.05) is 26.4 Å². The first kappa shape index (κ1) is 17.2. The third kappa shape index (κ3) is 2.88. The highest BCUT2D eigenvalue weighted by Crippen LogP contribution is 2.37. The van der Waals surface area contributed by atoms with E-state index in [2.05, 4.69) is 0 Å². The molecule has 2 rings (SSSR count). The van der Waals surface area contributed by atoms with Crippen molar-refractivity contribution >= 4 is 5.78 Å². The molecule has 0 amide bonds. The Morgan fingerprint density at radius 1 is 1.22 bits per heavy atom. The summed E-state index contributed by atoms with van der Waals surface area (Å²) >= 11 is 0. The Bertz CT molecular complexity index is 634. The SMILES string of the molecule is CCOC1(OC)C(O)=CC(C(=O)c2ccccc2)=C(O)C1OC. The molecule has 1 aromatic carbocycles. The second kappa shape index (κ2) is 6.95. The first-order valence-electron chi connectivity index (χ1n) is 7.17. The van der Waals surface area contributed by atoms with Crippen LogP contribution in [0.15, 0.2) is 53.5 Å². The number of rotatable bonds is 6. The number of hydrogen-bond donors (Lipinski definition) is 2. The van der Waals surface area contributed by atoms with Gasteiger partial charge >= 0.3 is 0 Å². The minimum absolute atomic E-state index is 0.0621. The van der Waals surface area contributed by atoms with Crippen molar-refractivity contribution in [2.24, 2.45) is 0 Å². The molecule has 0 aliphatic heterocycles. The number of benzene rings is 1. The molecule has 6 heteroatoms. The second-order valence-corrected chi connectivity index (χ2v) is 4.94. The van der Waals surface area contributed by atoms with Gasteiger partial charge in [-0.1, -0.05) is 30.3 Å². The Morgan fingerprint density at radius 2 is 1.87 bits per heavy atom. The van der Waals surface area contributed by atoms with E-state index in [1.807, 2.05) is 0 Å². The maximum absolute atomic E-state index is 12.6. The van der Waals surface area contributed by atoms with Crippen LogP contribution in [0.3, 0.4) is 0 Å². The number of aliphatic hydroxyl groups excluding tert-OH is 2. The second-order valence-electron chi connectivity index (χ2n) is 4.94. The van der Waals surface area contributed by atoms with Crippen LogP contribution in [0.25, 0.3) is 0 Å². The highest BCUT2D eigenvalue weighted by molar-refractivity contribution is 6.11. The van der Waals surface area contributed by atoms with Crippen LogP contribution < -0.4 is 0 Å². The highest BCUT2D eigenvalue weighted by Gasteiger charge is 2.51. The summed E-state index contributed by atoms with van der Waals surface area (Å²) in [4.78, 5) is 12.6. The van der Waals surface area contributed by atoms with Gasteiger partial charge in [0.1, 0.15) is 5.76 Å². The van der Waals surface area contributed by atoms with E-state index in [9.17, 15) is 15.0 Å². The van der Waals surface area contributed by atoms with Crippen LogP contribution >= 0.6 is 0 Å². The molecule has 0 heterocycles. The number of hydrogen-bond acceptors (Lipinski definition) is 6. The third-order valence-corrected chi connectivity index (χ3v) is 3.69. The molecule has 0 radical (unpaired) electrons. The third-order valence-electron chi connectivity index (χ3n) is 3.69. The summed E-state index contributed by atoms with van der Waals surface area (Å²) in [5.41, 5.74) is 0.321. The molecule has 0 bridgehead atoms. The average Bonchev–Trinajstić information content (AvgIpc) is 2.58. The maximum atomic E-state index is 12.6. The van der Waals surface area contributed by atoms with Gasteiger partial charge in [0.05, 0.1) is 5.57 Å². The fourth-order valence-corrected chi connectivity index (χ4v) is 2.60. The molecule has 2 unspecified atom stereocenters. The zero-order valence-corrected chi connectivity index (χ0v) is 13.3. The van der Waals surface area contributed by atoms with Crippen molar-refractivity contribution in [3.05, 3.63) is 59.1 Å². The normalized spacial score (nSPS) is 24.5. The lowest BCUT2D eigenvalue weighted by Gasteiger charge is -2.39. The Labute approximate surface area is 134 Å². The summed E-state index contributed by atoms with van der Waals surface area (Å²) in [5, 5.41) is 20.9. The van der Waals surface area contributed by atoms with E-state index in [0.29, 0.717) is 5.56 Å². The lowest BCUT2D eigenvalue weighted by atomic mass is 9.90. The molecule has 1 aromatic rings. The maximum Gasteiger partial charge on any atom is 0.262 e. The van der Waals surface area contributed by atoms with E-state index in [4.69, 9.17) is 14.2 Å². The van der Waals surface area contributed by atoms with Crippen LogP contribution in [0.1, 0.15) is 17.3 Å². The lowest BCUT2D eigenvalue weighted by molar-refractivity contribution is -0.263. The summed E-state index contributed by atoms with van der Waals surface area (Å²) in [6.45, 7) is 1.92. The highest BCUT2D eigenvalue weighted by atomic mass is 16.7. The number of carbonyl (C=O) groups excluding carboxylic acids is 1. The summed E-state index contributed by atoms with van der Waals surface area (Å²) in [7, 11) is 2.65. The van der Waals surface area contributed by atoms with Crippen LogP contribution in [0, 0.1) is 0 Å². The van der Waals surface area contributed by atoms with Crippen LogP contribution in [-0.4, -0.2) is 48.7 Å². The van der Waals surface area contributed by atoms with Gasteiger partial charge < -0.3 is 24.4 Å². The topological polar surface area (TPSA) is 85.2 Å². The van der Waals surface area contributed by atoms with E-state index in [1.54, 1.807) is 37.3 Å². The van der Waals surface area contributed by atoms with E-state index in [0.717, 1.165) is 6.08 Å². The summed E-state index contributed by atoms with van der Waals surface area (Å²) < 4.78 is 16.0. The van der Waals surface area contributed by atoms with Gasteiger partial charge in [-0.15, -0.1) is 0 Å². The zero-order chi connectivity index (χ0) is 17.0. The predicted molar refractivity (Wildman–Crippen MR) is 83.3 cm³/mol. The molecule has 1 aliphatic rings. The first-order chi connectivity index (χ1) is 11.0. The van der Waals surface area contributed by atoms with E-state index >= 15 is 0 Å². The quantitative estimate of drug-likeness (QED) is 0.619. The van der Waals surface area contributed by atoms with Crippen LogP contribution in [0.2, 0.25) is 0 Å². The number of ether oxygens (including phenoxy) is 3. The fourth-order valence-electron chi connectivity index (χ4n) is 2.60. The molecule has 6 nitrogen and oxygen atoms in total. The molecule has 0 fully saturated rings. The van der Waals surface area contributed by atoms with Gasteiger partial charge in [-0.25, -0.2) is 0 Å². The van der Waals surface area contributed by atoms with Gasteiger partial charge in [0.2, 0.25) is 0 Å². The number of Topliss-reactive ketones (excluding diaryl/α,β-unsaturated/α-hetero) is 1. The minimum Gasteiger partial charge on any atom is -0.509 e. The standard InChI is InChI=1S/C17H20O6/c1-4-23-17(22-3)13(18)10-12(15(20)16(17)21-2)14(19)11-8-6-5-7-9-11/h5-10,16,18,20H,4H2,1-3H3. The van der Waals surface area contributed by atoms with Crippen molar-refractivity contribution < 1.29 is 29.2 Å². The monoisotopic (exact) mass is 320 g/mol. The Balaban J connectivity index is 2.51. The number of aliphatic hydroxyl groups is 2. The van der Waals surface area contributed by atoms with Gasteiger partial charge in [-0.2, -0.15) is 0 Å². The molecule has 0 saturated heterocycles. The average molecular weight is 320 g/mol. The summed E-state index contributed by atoms with van der Waals surface area (Å²) in [6, 6.07) is 8.45. The van der Waals surface area contributed by atoms with Crippen LogP contribution in [0.5, 0.6) is 0 Å². The summed E-state index contributed by atoms with van der Waals surface area (Å²) in [5.74, 6) is -2.81. The van der Waals surface area contributed by atoms with Crippen molar-refractivity contribution in [1.82, 2.24) is 0 Å². The van der Waals surface area contributed by atoms with Gasteiger partial charge in [0.15, 0.2) is 17.6 Å². The molecule has 124 valence electrons. The molecule has 1 aliphatic carbocycles. The van der Waals surface area contributed by atoms with Crippen molar-refractivity contribution in [3.63, 3.8) is 0 Å². The molecule has 23 heavy (non-hydrogen) atoms. The Morgan fingerprint density at radius 3 is 2.39 bits per heavy atom. The first-order valence-corrected chi connectivity index (χ1v) is 7.17. The number of carbonyl (C=O) groups is 1. The number of allylic oxidation sites excluding steroid dienone is 2. The molecule has 2 atom stereocenters. The number of methoxy groups -OCH3 is 2. The molecule has 0 saturated carbocycles. The van der Waals surface area contributed by atoms with Gasteiger partial charge in [0.25, 0.3) is 5.79 Å². The lowest BCUT2D eigenvalue weighted by Crippen LogP contribution is -2.52. The summed E-state index contributed by atoms with van der Waals surface area (Å²) in [6.07, 6.45) is -0.0144. The Kier molecular flexibility index (Phi) is 5.20. The van der Waals surface area contributed by atoms with E-state index < -0.39 is 17.7 Å². The number of ketones is 1. The van der Waals surface area contributed by atoms with Crippen LogP contribution in [0.4, 0.5) is 0 Å². The molecular formula is C17H20O6. The van der Waals surface area contributed by atoms with Crippen molar-refractivity contribution in [2.45, 2.75) is 18.8 Å².